The summed E-state index contributed by atoms with van der Waals surface area (Å²) in [4.78, 5) is 14.5. The van der Waals surface area contributed by atoms with Crippen LogP contribution in [0.15, 0.2) is 47.4 Å². The third-order valence-corrected chi connectivity index (χ3v) is 6.12. The zero-order valence-corrected chi connectivity index (χ0v) is 19.3. The fraction of sp³-hybridized carbons (Fsp3) is 0.435. The van der Waals surface area contributed by atoms with Crippen LogP contribution in [0.3, 0.4) is 0 Å². The van der Waals surface area contributed by atoms with Crippen LogP contribution < -0.4 is 10.1 Å². The summed E-state index contributed by atoms with van der Waals surface area (Å²) in [6.07, 6.45) is 1.90. The number of benzene rings is 2. The Morgan fingerprint density at radius 2 is 1.87 bits per heavy atom. The first-order chi connectivity index (χ1) is 14.1. The zero-order chi connectivity index (χ0) is 22.3. The van der Waals surface area contributed by atoms with E-state index in [9.17, 15) is 13.2 Å². The predicted octanol–water partition coefficient (Wildman–Crippen LogP) is 3.29. The minimum atomic E-state index is -3.25. The van der Waals surface area contributed by atoms with Crippen LogP contribution in [0.1, 0.15) is 36.1 Å². The lowest BCUT2D eigenvalue weighted by Crippen LogP contribution is -2.37. The van der Waals surface area contributed by atoms with Gasteiger partial charge >= 0.3 is 0 Å². The van der Waals surface area contributed by atoms with Gasteiger partial charge in [0, 0.05) is 12.8 Å². The van der Waals surface area contributed by atoms with E-state index >= 15 is 0 Å². The molecule has 0 heterocycles. The van der Waals surface area contributed by atoms with Gasteiger partial charge in [-0.05, 0) is 69.1 Å². The maximum Gasteiger partial charge on any atom is 0.234 e. The average Bonchev–Trinajstić information content (AvgIpc) is 2.66. The number of sulfone groups is 1. The van der Waals surface area contributed by atoms with Crippen molar-refractivity contribution in [2.75, 3.05) is 33.0 Å². The zero-order valence-electron chi connectivity index (χ0n) is 18.4. The first kappa shape index (κ1) is 23.9. The Kier molecular flexibility index (Phi) is 8.43. The maximum atomic E-state index is 12.3. The molecule has 2 aromatic rings. The molecular weight excluding hydrogens is 400 g/mol. The van der Waals surface area contributed by atoms with Crippen LogP contribution in [0.5, 0.6) is 5.75 Å². The van der Waals surface area contributed by atoms with Crippen LogP contribution in [0.4, 0.5) is 0 Å². The molecule has 0 bridgehead atoms. The van der Waals surface area contributed by atoms with Gasteiger partial charge in [0.25, 0.3) is 0 Å². The number of likely N-dealkylation sites (N-methyl/N-ethyl adjacent to an activating group) is 1. The second-order valence-corrected chi connectivity index (χ2v) is 9.84. The summed E-state index contributed by atoms with van der Waals surface area (Å²) in [5.41, 5.74) is 3.55. The largest absolute Gasteiger partial charge is 0.494 e. The molecule has 0 radical (unpaired) electrons. The molecule has 164 valence electrons. The molecule has 2 rings (SSSR count). The van der Waals surface area contributed by atoms with Crippen molar-refractivity contribution in [3.63, 3.8) is 0 Å². The Balaban J connectivity index is 1.73. The van der Waals surface area contributed by atoms with Crippen molar-refractivity contribution in [2.24, 2.45) is 0 Å². The highest BCUT2D eigenvalue weighted by molar-refractivity contribution is 7.90. The lowest BCUT2D eigenvalue weighted by molar-refractivity contribution is -0.122. The summed E-state index contributed by atoms with van der Waals surface area (Å²) in [7, 11) is -1.36. The van der Waals surface area contributed by atoms with Gasteiger partial charge in [-0.15, -0.1) is 0 Å². The number of rotatable bonds is 10. The molecule has 6 nitrogen and oxygen atoms in total. The highest BCUT2D eigenvalue weighted by atomic mass is 32.2. The molecule has 1 N–H and O–H groups in total. The minimum Gasteiger partial charge on any atom is -0.494 e. The summed E-state index contributed by atoms with van der Waals surface area (Å²) in [5, 5.41) is 3.04. The Bertz CT molecular complexity index is 973. The lowest BCUT2D eigenvalue weighted by Gasteiger charge is -2.20. The summed E-state index contributed by atoms with van der Waals surface area (Å²) >= 11 is 0. The predicted molar refractivity (Wildman–Crippen MR) is 120 cm³/mol. The van der Waals surface area contributed by atoms with Gasteiger partial charge in [-0.25, -0.2) is 8.42 Å². The fourth-order valence-corrected chi connectivity index (χ4v) is 3.70. The number of nitrogens with one attached hydrogen (secondary N) is 1. The minimum absolute atomic E-state index is 0.0231. The van der Waals surface area contributed by atoms with Crippen molar-refractivity contribution >= 4 is 15.7 Å². The standard InChI is InChI=1S/C23H32N2O4S/c1-17-10-11-20(14-18(17)2)19(3)24-23(26)16-25(4)12-7-13-29-21-8-6-9-22(15-21)30(5,27)28/h6,8-11,14-15,19H,7,12-13,16H2,1-5H3,(H,24,26). The van der Waals surface area contributed by atoms with E-state index < -0.39 is 9.84 Å². The van der Waals surface area contributed by atoms with E-state index in [1.54, 1.807) is 18.2 Å². The molecule has 7 heteroatoms. The number of ether oxygens (including phenoxy) is 1. The third kappa shape index (κ3) is 7.46. The van der Waals surface area contributed by atoms with E-state index in [-0.39, 0.29) is 16.8 Å². The number of carbonyl (C=O) groups excluding carboxylic acids is 1. The monoisotopic (exact) mass is 432 g/mol. The van der Waals surface area contributed by atoms with Gasteiger partial charge in [0.15, 0.2) is 9.84 Å². The van der Waals surface area contributed by atoms with Gasteiger partial charge in [0.1, 0.15) is 5.75 Å². The van der Waals surface area contributed by atoms with Crippen LogP contribution >= 0.6 is 0 Å². The molecule has 0 saturated heterocycles. The van der Waals surface area contributed by atoms with Crippen molar-refractivity contribution in [1.82, 2.24) is 10.2 Å². The van der Waals surface area contributed by atoms with Crippen molar-refractivity contribution in [3.05, 3.63) is 59.2 Å². The van der Waals surface area contributed by atoms with E-state index in [0.717, 1.165) is 12.0 Å². The number of carbonyl (C=O) groups is 1. The second-order valence-electron chi connectivity index (χ2n) is 7.82. The molecular formula is C23H32N2O4S. The maximum absolute atomic E-state index is 12.3. The van der Waals surface area contributed by atoms with Gasteiger partial charge in [-0.3, -0.25) is 9.69 Å². The van der Waals surface area contributed by atoms with Crippen LogP contribution in [-0.2, 0) is 14.6 Å². The first-order valence-corrected chi connectivity index (χ1v) is 11.9. The van der Waals surface area contributed by atoms with Gasteiger partial charge in [0.2, 0.25) is 5.91 Å². The SMILES string of the molecule is Cc1ccc(C(C)NC(=O)CN(C)CCCOc2cccc(S(C)(=O)=O)c2)cc1C. The topological polar surface area (TPSA) is 75.7 Å². The van der Waals surface area contributed by atoms with Gasteiger partial charge in [-0.1, -0.05) is 24.3 Å². The van der Waals surface area contributed by atoms with Gasteiger partial charge < -0.3 is 10.1 Å². The van der Waals surface area contributed by atoms with Crippen molar-refractivity contribution in [3.8, 4) is 5.75 Å². The Morgan fingerprint density at radius 1 is 1.13 bits per heavy atom. The molecule has 30 heavy (non-hydrogen) atoms. The Labute approximate surface area is 180 Å². The molecule has 0 saturated carbocycles. The molecule has 2 aromatic carbocycles. The van der Waals surface area contributed by atoms with E-state index in [1.807, 2.05) is 24.9 Å². The van der Waals surface area contributed by atoms with Crippen molar-refractivity contribution in [2.45, 2.75) is 38.1 Å². The summed E-state index contributed by atoms with van der Waals surface area (Å²) in [5.74, 6) is 0.505. The number of nitrogens with zero attached hydrogens (tertiary/aromatic N) is 1. The number of hydrogen-bond donors (Lipinski definition) is 1. The molecule has 1 amide bonds. The lowest BCUT2D eigenvalue weighted by atomic mass is 10.0. The van der Waals surface area contributed by atoms with E-state index in [1.165, 1.54) is 23.4 Å². The molecule has 0 spiro atoms. The Hall–Kier alpha value is -2.38. The molecule has 0 aromatic heterocycles. The molecule has 1 unspecified atom stereocenters. The summed E-state index contributed by atoms with van der Waals surface area (Å²) in [6, 6.07) is 12.7. The molecule has 0 fully saturated rings. The molecule has 0 aliphatic carbocycles. The first-order valence-electron chi connectivity index (χ1n) is 10.0. The summed E-state index contributed by atoms with van der Waals surface area (Å²) in [6.45, 7) is 7.57. The Morgan fingerprint density at radius 3 is 2.53 bits per heavy atom. The van der Waals surface area contributed by atoms with Crippen LogP contribution in [-0.4, -0.2) is 52.2 Å². The number of aryl methyl sites for hydroxylation is 2. The third-order valence-electron chi connectivity index (χ3n) is 5.01. The van der Waals surface area contributed by atoms with Crippen molar-refractivity contribution in [1.29, 1.82) is 0 Å². The second kappa shape index (κ2) is 10.6. The smallest absolute Gasteiger partial charge is 0.234 e. The molecule has 0 aliphatic rings. The van der Waals surface area contributed by atoms with Crippen LogP contribution in [0, 0.1) is 13.8 Å². The van der Waals surface area contributed by atoms with Crippen LogP contribution in [0.25, 0.3) is 0 Å². The molecule has 1 atom stereocenters. The van der Waals surface area contributed by atoms with E-state index in [0.29, 0.717) is 25.4 Å². The van der Waals surface area contributed by atoms with Crippen LogP contribution in [0.2, 0.25) is 0 Å². The molecule has 0 aliphatic heterocycles. The summed E-state index contributed by atoms with van der Waals surface area (Å²) < 4.78 is 28.9. The number of hydrogen-bond acceptors (Lipinski definition) is 5. The van der Waals surface area contributed by atoms with E-state index in [4.69, 9.17) is 4.74 Å². The average molecular weight is 433 g/mol. The number of amides is 1. The van der Waals surface area contributed by atoms with Gasteiger partial charge in [0.05, 0.1) is 24.1 Å². The highest BCUT2D eigenvalue weighted by Crippen LogP contribution is 2.18. The highest BCUT2D eigenvalue weighted by Gasteiger charge is 2.12. The van der Waals surface area contributed by atoms with Gasteiger partial charge in [-0.2, -0.15) is 0 Å². The van der Waals surface area contributed by atoms with E-state index in [2.05, 4.69) is 31.3 Å². The normalized spacial score (nSPS) is 12.6. The quantitative estimate of drug-likeness (QED) is 0.583. The fourth-order valence-electron chi connectivity index (χ4n) is 3.05. The van der Waals surface area contributed by atoms with Crippen molar-refractivity contribution < 1.29 is 17.9 Å².